The van der Waals surface area contributed by atoms with Crippen LogP contribution in [0.4, 0.5) is 9.59 Å². The van der Waals surface area contributed by atoms with E-state index in [9.17, 15) is 57.5 Å². The number of nitrogens with two attached hydrogens (primary N) is 5. The van der Waals surface area contributed by atoms with Gasteiger partial charge in [0.15, 0.2) is 0 Å². The van der Waals surface area contributed by atoms with E-state index in [-0.39, 0.29) is 83.3 Å². The number of hydrogen-bond acceptors (Lipinski definition) is 25. The Balaban J connectivity index is 0.000000210. The number of aliphatic hydroxyl groups is 1. The maximum absolute atomic E-state index is 12.7. The van der Waals surface area contributed by atoms with Gasteiger partial charge in [0.05, 0.1) is 59.6 Å². The van der Waals surface area contributed by atoms with Gasteiger partial charge in [-0.15, -0.1) is 11.6 Å². The molecule has 0 bridgehead atoms. The highest BCUT2D eigenvalue weighted by molar-refractivity contribution is 6.28. The predicted octanol–water partition coefficient (Wildman–Crippen LogP) is 9.86. The quantitative estimate of drug-likeness (QED) is 0.0278. The highest BCUT2D eigenvalue weighted by Crippen LogP contribution is 2.35. The summed E-state index contributed by atoms with van der Waals surface area (Å²) in [6.45, 7) is 18.8. The summed E-state index contributed by atoms with van der Waals surface area (Å²) in [5.41, 5.74) is 19.6. The van der Waals surface area contributed by atoms with Crippen molar-refractivity contribution in [1.82, 2.24) is 64.9 Å². The maximum atomic E-state index is 12.7. The number of nitrogens with zero attached hydrogens (tertiary/aromatic N) is 10. The third-order valence-corrected chi connectivity index (χ3v) is 28.0. The molecule has 3 aromatic rings. The molecule has 10 fully saturated rings. The molecule has 3 aromatic carbocycles. The number of fused-ring (bicyclic) bond motifs is 3. The first-order chi connectivity index (χ1) is 63.8. The third-order valence-electron chi connectivity index (χ3n) is 27.8. The van der Waals surface area contributed by atoms with Crippen molar-refractivity contribution in [1.29, 1.82) is 0 Å². The smallest absolute Gasteiger partial charge is 0.424 e. The van der Waals surface area contributed by atoms with E-state index in [0.29, 0.717) is 101 Å². The van der Waals surface area contributed by atoms with Gasteiger partial charge in [-0.05, 0) is 311 Å². The minimum absolute atomic E-state index is 0.0312. The van der Waals surface area contributed by atoms with Crippen molar-refractivity contribution in [2.45, 2.75) is 312 Å². The van der Waals surface area contributed by atoms with Gasteiger partial charge in [-0.2, -0.15) is 4.90 Å². The molecule has 0 atom stereocenters. The number of hydrazine groups is 1. The summed E-state index contributed by atoms with van der Waals surface area (Å²) in [6, 6.07) is 24.7. The average Bonchev–Trinajstić information content (AvgIpc) is 1.63. The van der Waals surface area contributed by atoms with Crippen LogP contribution in [0.5, 0.6) is 0 Å². The van der Waals surface area contributed by atoms with E-state index in [2.05, 4.69) is 68.1 Å². The van der Waals surface area contributed by atoms with Crippen LogP contribution in [-0.2, 0) is 28.7 Å². The van der Waals surface area contributed by atoms with E-state index in [1.54, 1.807) is 55.5 Å². The zero-order valence-corrected chi connectivity index (χ0v) is 82.3. The molecule has 7 aliphatic heterocycles. The number of hydrogen-bond donors (Lipinski definition) is 9. The number of carbonyl (C=O) groups excluding carboxylic acids is 12. The van der Waals surface area contributed by atoms with Crippen LogP contribution >= 0.6 is 11.6 Å². The lowest BCUT2D eigenvalue weighted by atomic mass is 9.87. The first kappa shape index (κ1) is 112. The van der Waals surface area contributed by atoms with Crippen molar-refractivity contribution in [3.8, 4) is 0 Å². The Hall–Kier alpha value is -8.45. The molecule has 6 saturated carbocycles. The minimum atomic E-state index is -0.922. The lowest BCUT2D eigenvalue weighted by Gasteiger charge is -2.37. The van der Waals surface area contributed by atoms with Crippen LogP contribution < -0.4 is 44.8 Å². The van der Waals surface area contributed by atoms with Gasteiger partial charge < -0.3 is 67.3 Å². The van der Waals surface area contributed by atoms with E-state index in [1.807, 2.05) is 73.6 Å². The van der Waals surface area contributed by atoms with Crippen LogP contribution in [-0.4, -0.2) is 324 Å². The van der Waals surface area contributed by atoms with Crippen molar-refractivity contribution in [2.75, 3.05) is 127 Å². The summed E-state index contributed by atoms with van der Waals surface area (Å²) in [5, 5.41) is 16.4. The van der Waals surface area contributed by atoms with Gasteiger partial charge in [0, 0.05) is 126 Å². The number of likely N-dealkylation sites (tertiary alicyclic amines) is 4. The largest absolute Gasteiger partial charge is 0.449 e. The summed E-state index contributed by atoms with van der Waals surface area (Å²) in [5.74, 6) is 8.16. The molecule has 33 nitrogen and oxygen atoms in total. The Morgan fingerprint density at radius 3 is 0.947 bits per heavy atom. The number of alkyl carbamates (subject to hydrolysis) is 1. The molecule has 13 aliphatic rings. The number of nitrogens with one attached hydrogen (secondary N) is 3. The molecule has 6 aliphatic carbocycles. The molecule has 16 rings (SSSR count). The van der Waals surface area contributed by atoms with Crippen molar-refractivity contribution in [3.63, 3.8) is 0 Å². The van der Waals surface area contributed by atoms with E-state index >= 15 is 0 Å². The van der Waals surface area contributed by atoms with Crippen LogP contribution in [0.25, 0.3) is 0 Å². The molecule has 0 aromatic heterocycles. The van der Waals surface area contributed by atoms with Gasteiger partial charge in [0.1, 0.15) is 11.5 Å². The predicted molar refractivity (Wildman–Crippen MR) is 518 cm³/mol. The number of likely N-dealkylation sites (N-methyl/N-ethyl adjacent to an activating group) is 3. The number of halogens is 1. The number of alkyl halides is 1. The zero-order valence-electron chi connectivity index (χ0n) is 81.6. The molecule has 14 N–H and O–H groups in total. The molecule has 0 radical (unpaired) electrons. The highest BCUT2D eigenvalue weighted by Gasteiger charge is 2.45. The van der Waals surface area contributed by atoms with E-state index in [1.165, 1.54) is 99.0 Å². The fourth-order valence-corrected chi connectivity index (χ4v) is 19.8. The molecule has 4 saturated heterocycles. The Morgan fingerprint density at radius 1 is 0.406 bits per heavy atom. The third kappa shape index (κ3) is 34.3. The van der Waals surface area contributed by atoms with Gasteiger partial charge in [0.2, 0.25) is 23.6 Å². The van der Waals surface area contributed by atoms with Gasteiger partial charge in [0.25, 0.3) is 35.4 Å². The van der Waals surface area contributed by atoms with Gasteiger partial charge in [-0.3, -0.25) is 84.1 Å². The molecule has 133 heavy (non-hydrogen) atoms. The molecule has 7 heterocycles. The molecule has 0 unspecified atom stereocenters. The van der Waals surface area contributed by atoms with Crippen molar-refractivity contribution >= 4 is 82.9 Å². The summed E-state index contributed by atoms with van der Waals surface area (Å²) in [4.78, 5) is 161. The number of imide groups is 5. The number of ether oxygens (including phenoxy) is 2. The van der Waals surface area contributed by atoms with Crippen molar-refractivity contribution in [3.05, 3.63) is 106 Å². The summed E-state index contributed by atoms with van der Waals surface area (Å²) in [6.07, 6.45) is 33.8. The van der Waals surface area contributed by atoms with E-state index in [0.717, 1.165) is 200 Å². The SMILES string of the molecule is CC(C)(C)OC(=O)NC1CCC(N)CC1.CC1CCC(N(C)CC(=O)N2CCCC2)CC1.CCOC(=O)N1C(=O)c2ccccc2C1=O.CN(CC(=O)N1CCCC1)C1CCC(N)CC1.CN(CC(=O)N1CCCC1)C1CCC(N2C(=O)c3ccccc3C2=O)CC1.CNC1CCC(N)CC1.CNC1CCC(N2C(=O)c3ccccc3C2=O)CC1.CO.NN.O=C(CCl)N1CCCC1. The number of amides is 12. The van der Waals surface area contributed by atoms with E-state index in [4.69, 9.17) is 38.6 Å². The van der Waals surface area contributed by atoms with Gasteiger partial charge in [-0.1, -0.05) is 43.3 Å². The number of benzene rings is 3. The summed E-state index contributed by atoms with van der Waals surface area (Å²) < 4.78 is 9.83. The normalized spacial score (nSPS) is 25.2. The number of aliphatic hydroxyl groups excluding tert-OH is 1. The van der Waals surface area contributed by atoms with Crippen LogP contribution in [0.15, 0.2) is 72.8 Å². The van der Waals surface area contributed by atoms with E-state index < -0.39 is 23.5 Å². The molecule has 744 valence electrons. The number of carbonyl (C=O) groups is 12. The second kappa shape index (κ2) is 57.6. The van der Waals surface area contributed by atoms with Crippen molar-refractivity contribution in [2.24, 2.45) is 34.8 Å². The standard InChI is InChI=1S/C21H27N3O3.C15H18N2O2.C14H26N2O.C13H25N3O.C11H22N2O2.C11H9NO4.C7H16N2.C6H10ClNO.CH4O.H4N2/c1-22(14-19(25)23-12-4-5-13-23)15-8-10-16(11-9-15)24-20(26)17-6-2-3-7-18(17)21(24)27;1-16-10-6-8-11(9-7-10)17-14(18)12-4-2-3-5-13(12)15(17)19;1-12-5-7-13(8-6-12)15(2)11-14(17)16-9-3-4-10-16;1-15(12-6-4-11(14)5-7-12)10-13(17)16-8-2-3-9-16;1-11(2,3)15-10(14)13-9-6-4-8(12)5-7-9;1-2-16-11(15)12-9(13)7-5-3-4-6-8(7)10(12)14;1-9-7-4-2-6(8)3-5-7;7-5-6(9)8-3-1-2-4-8;2*1-2/h2-3,6-7,15-16H,4-5,8-14H2,1H3;2-5,10-11,16H,6-9H2,1H3;12-13H,3-11H2,1-2H3;11-12H,2-10,14H2,1H3;8-9H,4-7,12H2,1-3H3,(H,13,14);3-6H,2H2,1H3;6-7,9H,2-5,8H2,1H3;1-5H2;2H,1H3;1-2H2. The number of rotatable bonds is 16. The second-order valence-electron chi connectivity index (χ2n) is 38.4. The Bertz CT molecular complexity index is 3970. The molecule has 0 spiro atoms. The topological polar surface area (TPSA) is 442 Å². The molecular formula is C99H161ClN18O15. The Labute approximate surface area is 795 Å². The fourth-order valence-electron chi connectivity index (χ4n) is 19.7. The van der Waals surface area contributed by atoms with Gasteiger partial charge in [-0.25, -0.2) is 9.59 Å². The minimum Gasteiger partial charge on any atom is -0.449 e. The van der Waals surface area contributed by atoms with Crippen molar-refractivity contribution < 1.29 is 72.1 Å². The molecule has 12 amide bonds. The van der Waals surface area contributed by atoms with Crippen LogP contribution in [0, 0.1) is 5.92 Å². The average molecular weight is 1880 g/mol. The van der Waals surface area contributed by atoms with Crippen LogP contribution in [0.3, 0.4) is 0 Å². The van der Waals surface area contributed by atoms with Crippen LogP contribution in [0.2, 0.25) is 0 Å². The first-order valence-corrected chi connectivity index (χ1v) is 49.6. The van der Waals surface area contributed by atoms with Gasteiger partial charge >= 0.3 is 12.2 Å². The second-order valence-corrected chi connectivity index (χ2v) is 38.6. The Kier molecular flexibility index (Phi) is 48.3. The monoisotopic (exact) mass is 1880 g/mol. The zero-order chi connectivity index (χ0) is 97.4. The molecule has 34 heteroatoms. The fraction of sp³-hybridized carbons (Fsp3) is 0.697. The Morgan fingerprint density at radius 2 is 0.662 bits per heavy atom. The molecular weight excluding hydrogens is 1720 g/mol. The lowest BCUT2D eigenvalue weighted by molar-refractivity contribution is -0.132. The lowest BCUT2D eigenvalue weighted by Crippen LogP contribution is -2.47. The summed E-state index contributed by atoms with van der Waals surface area (Å²) in [7, 11) is 11.2. The van der Waals surface area contributed by atoms with Crippen LogP contribution in [0.1, 0.15) is 302 Å². The maximum Gasteiger partial charge on any atom is 0.424 e. The summed E-state index contributed by atoms with van der Waals surface area (Å²) >= 11 is 5.34. The highest BCUT2D eigenvalue weighted by atomic mass is 35.5. The first-order valence-electron chi connectivity index (χ1n) is 49.1.